The Labute approximate surface area is 134 Å². The first-order chi connectivity index (χ1) is 9.37. The molecule has 3 nitrogen and oxygen atoms in total. The fourth-order valence-corrected chi connectivity index (χ4v) is 2.83. The SMILES string of the molecule is CC(C)(C)c1ccc(C2(CNC(=O)CN)CCC2)cc1.Cl. The monoisotopic (exact) mass is 310 g/mol. The van der Waals surface area contributed by atoms with Crippen LogP contribution in [0.15, 0.2) is 24.3 Å². The molecule has 2 rings (SSSR count). The number of rotatable bonds is 4. The molecule has 0 aromatic heterocycles. The number of hydrogen-bond acceptors (Lipinski definition) is 2. The highest BCUT2D eigenvalue weighted by molar-refractivity contribution is 5.85. The number of amides is 1. The third-order valence-electron chi connectivity index (χ3n) is 4.48. The average Bonchev–Trinajstić information content (AvgIpc) is 2.36. The van der Waals surface area contributed by atoms with Crippen molar-refractivity contribution in [3.8, 4) is 0 Å². The first-order valence-electron chi connectivity index (χ1n) is 7.45. The first-order valence-corrected chi connectivity index (χ1v) is 7.45. The molecule has 1 aliphatic rings. The third-order valence-corrected chi connectivity index (χ3v) is 4.48. The molecule has 118 valence electrons. The molecular formula is C17H27ClN2O. The van der Waals surface area contributed by atoms with Crippen molar-refractivity contribution in [2.75, 3.05) is 13.1 Å². The predicted molar refractivity (Wildman–Crippen MR) is 90.0 cm³/mol. The summed E-state index contributed by atoms with van der Waals surface area (Å²) < 4.78 is 0. The van der Waals surface area contributed by atoms with E-state index in [0.717, 1.165) is 12.8 Å². The Morgan fingerprint density at radius 2 is 1.81 bits per heavy atom. The molecule has 1 aliphatic carbocycles. The Hall–Kier alpha value is -1.06. The maximum Gasteiger partial charge on any atom is 0.233 e. The van der Waals surface area contributed by atoms with Crippen molar-refractivity contribution >= 4 is 18.3 Å². The summed E-state index contributed by atoms with van der Waals surface area (Å²) in [6.45, 7) is 7.45. The maximum absolute atomic E-state index is 11.4. The van der Waals surface area contributed by atoms with Gasteiger partial charge in [-0.15, -0.1) is 12.4 Å². The molecule has 0 spiro atoms. The molecule has 0 aliphatic heterocycles. The van der Waals surface area contributed by atoms with Crippen molar-refractivity contribution in [2.24, 2.45) is 5.73 Å². The van der Waals surface area contributed by atoms with E-state index in [1.165, 1.54) is 17.5 Å². The van der Waals surface area contributed by atoms with Crippen LogP contribution in [0.1, 0.15) is 51.2 Å². The summed E-state index contributed by atoms with van der Waals surface area (Å²) in [5, 5.41) is 2.95. The molecular weight excluding hydrogens is 284 g/mol. The second kappa shape index (κ2) is 6.80. The fourth-order valence-electron chi connectivity index (χ4n) is 2.83. The summed E-state index contributed by atoms with van der Waals surface area (Å²) in [5.74, 6) is -0.0670. The molecule has 0 radical (unpaired) electrons. The van der Waals surface area contributed by atoms with Gasteiger partial charge in [0, 0.05) is 12.0 Å². The Kier molecular flexibility index (Phi) is 5.83. The van der Waals surface area contributed by atoms with E-state index in [9.17, 15) is 4.79 Å². The molecule has 1 aromatic carbocycles. The van der Waals surface area contributed by atoms with Gasteiger partial charge >= 0.3 is 0 Å². The van der Waals surface area contributed by atoms with Gasteiger partial charge in [0.05, 0.1) is 6.54 Å². The number of benzene rings is 1. The van der Waals surface area contributed by atoms with Gasteiger partial charge in [0.2, 0.25) is 5.91 Å². The minimum atomic E-state index is -0.0670. The summed E-state index contributed by atoms with van der Waals surface area (Å²) >= 11 is 0. The number of nitrogens with one attached hydrogen (secondary N) is 1. The zero-order valence-corrected chi connectivity index (χ0v) is 14.1. The van der Waals surface area contributed by atoms with Gasteiger partial charge in [-0.25, -0.2) is 0 Å². The molecule has 21 heavy (non-hydrogen) atoms. The summed E-state index contributed by atoms with van der Waals surface area (Å²) in [4.78, 5) is 11.4. The van der Waals surface area contributed by atoms with Crippen LogP contribution in [0.25, 0.3) is 0 Å². The summed E-state index contributed by atoms with van der Waals surface area (Å²) in [5.41, 5.74) is 8.35. The van der Waals surface area contributed by atoms with Crippen LogP contribution >= 0.6 is 12.4 Å². The molecule has 4 heteroatoms. The van der Waals surface area contributed by atoms with Crippen LogP contribution in [0.2, 0.25) is 0 Å². The molecule has 0 heterocycles. The third kappa shape index (κ3) is 3.98. The molecule has 0 bridgehead atoms. The molecule has 1 saturated carbocycles. The number of carbonyl (C=O) groups is 1. The van der Waals surface area contributed by atoms with Gasteiger partial charge in [-0.1, -0.05) is 51.5 Å². The zero-order valence-electron chi connectivity index (χ0n) is 13.2. The van der Waals surface area contributed by atoms with Gasteiger partial charge in [-0.05, 0) is 29.4 Å². The normalized spacial score (nSPS) is 16.6. The Morgan fingerprint density at radius 1 is 1.24 bits per heavy atom. The van der Waals surface area contributed by atoms with Crippen LogP contribution in [0.5, 0.6) is 0 Å². The molecule has 0 atom stereocenters. The van der Waals surface area contributed by atoms with E-state index < -0.39 is 0 Å². The fraction of sp³-hybridized carbons (Fsp3) is 0.588. The minimum absolute atomic E-state index is 0. The van der Waals surface area contributed by atoms with Crippen molar-refractivity contribution in [1.82, 2.24) is 5.32 Å². The first kappa shape index (κ1) is 18.0. The average molecular weight is 311 g/mol. The number of carbonyl (C=O) groups excluding carboxylic acids is 1. The van der Waals surface area contributed by atoms with Gasteiger partial charge in [0.15, 0.2) is 0 Å². The Balaban J connectivity index is 0.00000220. The zero-order chi connectivity index (χ0) is 14.8. The molecule has 0 unspecified atom stereocenters. The molecule has 3 N–H and O–H groups in total. The van der Waals surface area contributed by atoms with Crippen molar-refractivity contribution in [3.05, 3.63) is 35.4 Å². The molecule has 1 fully saturated rings. The largest absolute Gasteiger partial charge is 0.354 e. The highest BCUT2D eigenvalue weighted by Crippen LogP contribution is 2.43. The van der Waals surface area contributed by atoms with Crippen molar-refractivity contribution in [1.29, 1.82) is 0 Å². The molecule has 0 saturated heterocycles. The topological polar surface area (TPSA) is 55.1 Å². The number of hydrogen-bond donors (Lipinski definition) is 2. The second-order valence-electron chi connectivity index (χ2n) is 6.94. The number of halogens is 1. The Bertz CT molecular complexity index is 473. The lowest BCUT2D eigenvalue weighted by Crippen LogP contribution is -2.46. The smallest absolute Gasteiger partial charge is 0.233 e. The Morgan fingerprint density at radius 3 is 2.19 bits per heavy atom. The van der Waals surface area contributed by atoms with Gasteiger partial charge in [-0.2, -0.15) is 0 Å². The summed E-state index contributed by atoms with van der Waals surface area (Å²) in [6.07, 6.45) is 3.53. The van der Waals surface area contributed by atoms with E-state index in [0.29, 0.717) is 6.54 Å². The summed E-state index contributed by atoms with van der Waals surface area (Å²) in [7, 11) is 0. The lowest BCUT2D eigenvalue weighted by atomic mass is 9.64. The lowest BCUT2D eigenvalue weighted by Gasteiger charge is -2.43. The van der Waals surface area contributed by atoms with Gasteiger partial charge in [0.25, 0.3) is 0 Å². The van der Waals surface area contributed by atoms with Gasteiger partial charge in [0.1, 0.15) is 0 Å². The molecule has 1 aromatic rings. The van der Waals surface area contributed by atoms with Crippen LogP contribution < -0.4 is 11.1 Å². The van der Waals surface area contributed by atoms with Crippen LogP contribution in [-0.4, -0.2) is 19.0 Å². The minimum Gasteiger partial charge on any atom is -0.354 e. The predicted octanol–water partition coefficient (Wildman–Crippen LogP) is 2.90. The van der Waals surface area contributed by atoms with E-state index in [1.54, 1.807) is 0 Å². The van der Waals surface area contributed by atoms with E-state index in [1.807, 2.05) is 0 Å². The van der Waals surface area contributed by atoms with Crippen LogP contribution in [0.4, 0.5) is 0 Å². The summed E-state index contributed by atoms with van der Waals surface area (Å²) in [6, 6.07) is 8.91. The van der Waals surface area contributed by atoms with E-state index >= 15 is 0 Å². The standard InChI is InChI=1S/C17H26N2O.ClH/c1-16(2,3)13-5-7-14(8-6-13)17(9-4-10-17)12-19-15(20)11-18;/h5-8H,4,9-12,18H2,1-3H3,(H,19,20);1H. The van der Waals surface area contributed by atoms with Gasteiger partial charge in [-0.3, -0.25) is 4.79 Å². The highest BCUT2D eigenvalue weighted by atomic mass is 35.5. The second-order valence-corrected chi connectivity index (χ2v) is 6.94. The van der Waals surface area contributed by atoms with Gasteiger partial charge < -0.3 is 11.1 Å². The van der Waals surface area contributed by atoms with Crippen LogP contribution in [-0.2, 0) is 15.6 Å². The van der Waals surface area contributed by atoms with Crippen molar-refractivity contribution in [2.45, 2.75) is 50.9 Å². The van der Waals surface area contributed by atoms with Crippen LogP contribution in [0, 0.1) is 0 Å². The van der Waals surface area contributed by atoms with Crippen LogP contribution in [0.3, 0.4) is 0 Å². The lowest BCUT2D eigenvalue weighted by molar-refractivity contribution is -0.120. The van der Waals surface area contributed by atoms with Crippen molar-refractivity contribution in [3.63, 3.8) is 0 Å². The maximum atomic E-state index is 11.4. The van der Waals surface area contributed by atoms with E-state index in [4.69, 9.17) is 5.73 Å². The number of nitrogens with two attached hydrogens (primary N) is 1. The van der Waals surface area contributed by atoms with E-state index in [-0.39, 0.29) is 35.7 Å². The quantitative estimate of drug-likeness (QED) is 0.898. The highest BCUT2D eigenvalue weighted by Gasteiger charge is 2.38. The van der Waals surface area contributed by atoms with Crippen molar-refractivity contribution < 1.29 is 4.79 Å². The molecule has 1 amide bonds. The van der Waals surface area contributed by atoms with E-state index in [2.05, 4.69) is 50.4 Å².